The van der Waals surface area contributed by atoms with Crippen molar-refractivity contribution in [1.29, 1.82) is 0 Å². The molecule has 0 saturated heterocycles. The van der Waals surface area contributed by atoms with Crippen molar-refractivity contribution in [1.82, 2.24) is 122 Å². The lowest BCUT2D eigenvalue weighted by atomic mass is 10.2. The second kappa shape index (κ2) is 46.1. The van der Waals surface area contributed by atoms with Gasteiger partial charge in [-0.1, -0.05) is 194 Å². The molecule has 0 aliphatic heterocycles. The molecule has 0 bridgehead atoms. The van der Waals surface area contributed by atoms with E-state index in [1.54, 1.807) is 0 Å². The van der Waals surface area contributed by atoms with Crippen molar-refractivity contribution in [2.24, 2.45) is 0 Å². The first kappa shape index (κ1) is 90.8. The maximum Gasteiger partial charge on any atom is 0.205 e. The maximum atomic E-state index is 4.29. The first-order valence-corrected chi connectivity index (χ1v) is 47.9. The summed E-state index contributed by atoms with van der Waals surface area (Å²) in [6, 6.07) is 94.6. The molecule has 0 fully saturated rings. The first-order valence-electron chi connectivity index (χ1n) is 35.0. The Morgan fingerprint density at radius 3 is 0.392 bits per heavy atom. The Balaban J connectivity index is 0.000000125. The summed E-state index contributed by atoms with van der Waals surface area (Å²) < 4.78 is 13.0. The molecule has 18 aromatic rings. The van der Waals surface area contributed by atoms with Crippen LogP contribution in [0.15, 0.2) is 291 Å². The van der Waals surface area contributed by atoms with Crippen LogP contribution in [0.5, 0.6) is 0 Å². The molecular weight excluding hydrogens is 2870 g/mol. The van der Waals surface area contributed by atoms with Crippen molar-refractivity contribution >= 4 is 271 Å². The van der Waals surface area contributed by atoms with Crippen molar-refractivity contribution in [3.63, 3.8) is 0 Å². The van der Waals surface area contributed by atoms with Crippen molar-refractivity contribution in [2.75, 3.05) is 0 Å². The summed E-state index contributed by atoms with van der Waals surface area (Å²) >= 11 is 27.2. The SMILES string of the molecule is Ic1cccc(I)c1-c1nnc(-c2c(I)cccc2I)nn1.Ic1cccc(I)c1-c1nnc(-c2ccccc2)nn1.Ic1ccccc1-c1nnc(-c2c(I)cccc2I)nn1.Ic1ccccc1-c1nnc(-c2ccccc2)nn1.Ic1ccccc1-c1nnc(-c2ccccc2I)nn1.c1ccc(-c2nnc(-c3ccccc3)nn2)cc1. The van der Waals surface area contributed by atoms with Crippen molar-refractivity contribution < 1.29 is 0 Å². The molecule has 18 rings (SSSR count). The molecule has 12 aromatic carbocycles. The summed E-state index contributed by atoms with van der Waals surface area (Å²) in [4.78, 5) is 0. The molecule has 36 heteroatoms. The van der Waals surface area contributed by atoms with Crippen LogP contribution in [0.2, 0.25) is 0 Å². The van der Waals surface area contributed by atoms with Gasteiger partial charge >= 0.3 is 0 Å². The van der Waals surface area contributed by atoms with Gasteiger partial charge in [-0.2, -0.15) is 0 Å². The molecule has 588 valence electrons. The predicted octanol–water partition coefficient (Wildman–Crippen LogP) is 22.9. The van der Waals surface area contributed by atoms with Crippen LogP contribution in [0, 0.1) is 42.8 Å². The maximum absolute atomic E-state index is 4.29. The van der Waals surface area contributed by atoms with Gasteiger partial charge in [0.25, 0.3) is 0 Å². The average molecular weight is 2920 g/mol. The number of halogens is 12. The Morgan fingerprint density at radius 1 is 0.108 bits per heavy atom. The van der Waals surface area contributed by atoms with E-state index in [0.29, 0.717) is 69.9 Å². The van der Waals surface area contributed by atoms with E-state index in [0.717, 1.165) is 110 Å². The van der Waals surface area contributed by atoms with Crippen LogP contribution in [-0.2, 0) is 0 Å². The van der Waals surface area contributed by atoms with Gasteiger partial charge in [-0.3, -0.25) is 0 Å². The van der Waals surface area contributed by atoms with Gasteiger partial charge in [-0.15, -0.1) is 122 Å². The van der Waals surface area contributed by atoms with E-state index in [4.69, 9.17) is 0 Å². The van der Waals surface area contributed by atoms with Crippen molar-refractivity contribution in [3.8, 4) is 137 Å². The Morgan fingerprint density at radius 2 is 0.233 bits per heavy atom. The third kappa shape index (κ3) is 24.8. The van der Waals surface area contributed by atoms with Crippen LogP contribution in [-0.4, -0.2) is 122 Å². The molecule has 0 aliphatic carbocycles. The minimum Gasteiger partial charge on any atom is -0.126 e. The highest BCUT2D eigenvalue weighted by atomic mass is 127. The van der Waals surface area contributed by atoms with E-state index in [2.05, 4.69) is 393 Å². The van der Waals surface area contributed by atoms with Crippen LogP contribution in [0.25, 0.3) is 137 Å². The smallest absolute Gasteiger partial charge is 0.126 e. The Labute approximate surface area is 850 Å². The normalized spacial score (nSPS) is 10.5. The Kier molecular flexibility index (Phi) is 34.9. The molecule has 0 aliphatic rings. The third-order valence-corrected chi connectivity index (χ3v) is 27.2. The summed E-state index contributed by atoms with van der Waals surface area (Å²) in [5.41, 5.74) is 11.4. The molecule has 0 N–H and O–H groups in total. The Hall–Kier alpha value is -6.96. The number of benzene rings is 12. The molecule has 0 unspecified atom stereocenters. The van der Waals surface area contributed by atoms with Crippen molar-refractivity contribution in [3.05, 3.63) is 334 Å². The highest BCUT2D eigenvalue weighted by Gasteiger charge is 2.20. The lowest BCUT2D eigenvalue weighted by Crippen LogP contribution is -2.03. The molecule has 24 nitrogen and oxygen atoms in total. The number of nitrogens with zero attached hydrogens (tertiary/aromatic N) is 24. The lowest BCUT2D eigenvalue weighted by molar-refractivity contribution is 0.873. The molecule has 0 spiro atoms. The zero-order valence-corrected chi connectivity index (χ0v) is 86.9. The summed E-state index contributed by atoms with van der Waals surface area (Å²) in [6.45, 7) is 0. The molecule has 0 radical (unpaired) electrons. The number of hydrogen-bond acceptors (Lipinski definition) is 24. The minimum atomic E-state index is 0.537. The fourth-order valence-corrected chi connectivity index (χ4v) is 20.9. The standard InChI is InChI=1S/C14H6I4N4.C14H7I3N4.2C14H8I2N4.C14H9IN4.C14H10N4/c15-7-3-1-4-8(16)11(7)13-19-21-14(22-20-13)12-9(17)5-2-6-10(12)18;15-9-5-2-1-4-8(9)13-18-20-14(21-19-13)12-10(16)6-3-7-11(12)17;15-11-7-3-1-5-9(11)13-17-19-14(20-18-13)10-6-2-4-8-12(10)16;15-10-7-4-8-11(16)12(10)14-19-17-13(18-20-14)9-5-2-1-3-6-9;15-12-9-5-4-8-11(12)14-18-16-13(17-19-14)10-6-2-1-3-7-10;1-3-7-11(8-4-1)13-15-17-14(18-16-13)12-9-5-2-6-10-12/h1-6H;1-7H;2*1-8H;1-9H;1-10H. The molecule has 0 amide bonds. The zero-order chi connectivity index (χ0) is 83.7. The molecule has 0 atom stereocenters. The fraction of sp³-hybridized carbons (Fsp3) is 0. The van der Waals surface area contributed by atoms with Crippen LogP contribution in [0.1, 0.15) is 0 Å². The van der Waals surface area contributed by atoms with Gasteiger partial charge in [0.1, 0.15) is 0 Å². The van der Waals surface area contributed by atoms with E-state index in [1.165, 1.54) is 0 Å². The molecular formula is C84H48I12N24. The van der Waals surface area contributed by atoms with Crippen LogP contribution < -0.4 is 0 Å². The van der Waals surface area contributed by atoms with Crippen LogP contribution in [0.3, 0.4) is 0 Å². The van der Waals surface area contributed by atoms with Crippen LogP contribution >= 0.6 is 271 Å². The zero-order valence-electron chi connectivity index (χ0n) is 61.0. The molecule has 0 saturated carbocycles. The second-order valence-electron chi connectivity index (χ2n) is 24.1. The summed E-state index contributed by atoms with van der Waals surface area (Å²) in [6.07, 6.45) is 0. The highest BCUT2D eigenvalue weighted by molar-refractivity contribution is 14.1. The number of aromatic nitrogens is 24. The number of hydrogen-bond donors (Lipinski definition) is 0. The van der Waals surface area contributed by atoms with Gasteiger partial charge in [0.15, 0.2) is 0 Å². The van der Waals surface area contributed by atoms with Gasteiger partial charge in [0, 0.05) is 110 Å². The summed E-state index contributed by atoms with van der Waals surface area (Å²) in [5.74, 6) is 6.55. The van der Waals surface area contributed by atoms with Crippen molar-refractivity contribution in [2.45, 2.75) is 0 Å². The molecule has 6 heterocycles. The van der Waals surface area contributed by atoms with Crippen LogP contribution in [0.4, 0.5) is 0 Å². The predicted molar refractivity (Wildman–Crippen MR) is 564 cm³/mol. The minimum absolute atomic E-state index is 0.537. The summed E-state index contributed by atoms with van der Waals surface area (Å²) in [5, 5.41) is 101. The third-order valence-electron chi connectivity index (χ3n) is 16.2. The lowest BCUT2D eigenvalue weighted by Gasteiger charge is -2.07. The van der Waals surface area contributed by atoms with Gasteiger partial charge in [0.2, 0.25) is 69.9 Å². The number of rotatable bonds is 12. The van der Waals surface area contributed by atoms with E-state index in [1.807, 2.05) is 291 Å². The topological polar surface area (TPSA) is 309 Å². The highest BCUT2D eigenvalue weighted by Crippen LogP contribution is 2.34. The van der Waals surface area contributed by atoms with Gasteiger partial charge in [-0.05, 0) is 368 Å². The largest absolute Gasteiger partial charge is 0.205 e. The van der Waals surface area contributed by atoms with E-state index in [9.17, 15) is 0 Å². The van der Waals surface area contributed by atoms with Gasteiger partial charge in [-0.25, -0.2) is 0 Å². The second-order valence-corrected chi connectivity index (χ2v) is 38.0. The quantitative estimate of drug-likeness (QED) is 0.103. The fourth-order valence-electron chi connectivity index (χ4n) is 10.4. The first-order chi connectivity index (χ1) is 58.5. The average Bonchev–Trinajstić information content (AvgIpc) is 0.805. The monoisotopic (exact) mass is 2920 g/mol. The van der Waals surface area contributed by atoms with E-state index in [-0.39, 0.29) is 0 Å². The van der Waals surface area contributed by atoms with E-state index >= 15 is 0 Å². The molecule has 6 aromatic heterocycles. The molecule has 120 heavy (non-hydrogen) atoms. The Bertz CT molecular complexity index is 6160. The van der Waals surface area contributed by atoms with Gasteiger partial charge < -0.3 is 0 Å². The van der Waals surface area contributed by atoms with E-state index < -0.39 is 0 Å². The summed E-state index contributed by atoms with van der Waals surface area (Å²) in [7, 11) is 0. The van der Waals surface area contributed by atoms with Gasteiger partial charge in [0.05, 0.1) is 0 Å².